The largest absolute Gasteiger partial charge is 0.274 e. The molecule has 0 saturated carbocycles. The van der Waals surface area contributed by atoms with E-state index in [0.29, 0.717) is 0 Å². The Hall–Kier alpha value is -4.57. The van der Waals surface area contributed by atoms with Crippen LogP contribution in [0.4, 0.5) is 0 Å². The molecule has 3 aromatic carbocycles. The number of pyridine rings is 3. The van der Waals surface area contributed by atoms with Gasteiger partial charge in [-0.15, -0.1) is 0 Å². The number of fused-ring (bicyclic) bond motifs is 14. The van der Waals surface area contributed by atoms with Gasteiger partial charge in [-0.05, 0) is 105 Å². The van der Waals surface area contributed by atoms with Gasteiger partial charge < -0.3 is 0 Å². The number of aromatic nitrogens is 4. The standard InChI is InChI=1S/C31H18N4/c1-2-5-21-17(4-1)10-18-13-24-19(12-23(18)21)11-20-14-26-22-6-3-8-33-30(22)35-29-16-32-9-7-28(29)34-31(35)27(26)15-25(20)24/h1-9,12-16H,10-11H2. The van der Waals surface area contributed by atoms with E-state index in [4.69, 9.17) is 9.97 Å². The molecular weight excluding hydrogens is 428 g/mol. The van der Waals surface area contributed by atoms with E-state index in [1.807, 2.05) is 24.5 Å². The van der Waals surface area contributed by atoms with E-state index in [1.54, 1.807) is 6.20 Å². The maximum absolute atomic E-state index is 5.04. The topological polar surface area (TPSA) is 43.1 Å². The van der Waals surface area contributed by atoms with Crippen molar-refractivity contribution < 1.29 is 0 Å². The quantitative estimate of drug-likeness (QED) is 0.243. The van der Waals surface area contributed by atoms with Crippen LogP contribution in [0.5, 0.6) is 0 Å². The molecule has 4 heterocycles. The lowest BCUT2D eigenvalue weighted by Gasteiger charge is -2.11. The fourth-order valence-electron chi connectivity index (χ4n) is 6.38. The normalized spacial score (nSPS) is 13.5. The molecule has 9 rings (SSSR count). The maximum Gasteiger partial charge on any atom is 0.147 e. The Kier molecular flexibility index (Phi) is 3.11. The third kappa shape index (κ3) is 2.20. The van der Waals surface area contributed by atoms with Gasteiger partial charge >= 0.3 is 0 Å². The molecule has 0 unspecified atom stereocenters. The highest BCUT2D eigenvalue weighted by Crippen LogP contribution is 2.46. The van der Waals surface area contributed by atoms with Gasteiger partial charge in [0.1, 0.15) is 11.3 Å². The van der Waals surface area contributed by atoms with E-state index in [0.717, 1.165) is 45.9 Å². The molecular formula is C31H18N4. The summed E-state index contributed by atoms with van der Waals surface area (Å²) in [5.74, 6) is 0. The van der Waals surface area contributed by atoms with Gasteiger partial charge in [0.25, 0.3) is 0 Å². The van der Waals surface area contributed by atoms with Crippen molar-refractivity contribution in [3.05, 3.63) is 108 Å². The SMILES string of the molecule is c1ccc2c(c1)Cc1cc3c(cc1-2)Cc1cc2c4cccnc4n4c5cnccc5nc4c2cc1-3. The Balaban J connectivity index is 1.37. The van der Waals surface area contributed by atoms with Crippen molar-refractivity contribution in [1.29, 1.82) is 0 Å². The molecule has 2 aliphatic carbocycles. The number of hydrogen-bond donors (Lipinski definition) is 0. The highest BCUT2D eigenvalue weighted by atomic mass is 15.1. The van der Waals surface area contributed by atoms with Crippen LogP contribution in [0.15, 0.2) is 85.3 Å². The van der Waals surface area contributed by atoms with Crippen molar-refractivity contribution in [1.82, 2.24) is 19.4 Å². The predicted molar refractivity (Wildman–Crippen MR) is 140 cm³/mol. The van der Waals surface area contributed by atoms with Crippen molar-refractivity contribution in [2.45, 2.75) is 12.8 Å². The zero-order valence-electron chi connectivity index (χ0n) is 18.8. The molecule has 0 amide bonds. The molecule has 4 heteroatoms. The molecule has 7 aromatic rings. The first-order chi connectivity index (χ1) is 17.3. The first kappa shape index (κ1) is 17.8. The number of hydrogen-bond acceptors (Lipinski definition) is 3. The maximum atomic E-state index is 5.04. The number of imidazole rings is 1. The van der Waals surface area contributed by atoms with Gasteiger partial charge in [-0.2, -0.15) is 0 Å². The van der Waals surface area contributed by atoms with Crippen LogP contribution in [0.3, 0.4) is 0 Å². The second-order valence-corrected chi connectivity index (χ2v) is 9.74. The summed E-state index contributed by atoms with van der Waals surface area (Å²) in [6, 6.07) is 24.6. The average Bonchev–Trinajstić information content (AvgIpc) is 3.57. The lowest BCUT2D eigenvalue weighted by atomic mass is 9.97. The van der Waals surface area contributed by atoms with Crippen LogP contribution in [0.2, 0.25) is 0 Å². The van der Waals surface area contributed by atoms with Crippen molar-refractivity contribution in [3.63, 3.8) is 0 Å². The lowest BCUT2D eigenvalue weighted by molar-refractivity contribution is 1.22. The summed E-state index contributed by atoms with van der Waals surface area (Å²) in [5.41, 5.74) is 15.0. The predicted octanol–water partition coefficient (Wildman–Crippen LogP) is 6.73. The summed E-state index contributed by atoms with van der Waals surface area (Å²) in [6.07, 6.45) is 7.53. The minimum atomic E-state index is 0.927. The zero-order valence-corrected chi connectivity index (χ0v) is 18.8. The molecule has 0 atom stereocenters. The molecule has 0 spiro atoms. The fourth-order valence-corrected chi connectivity index (χ4v) is 6.38. The summed E-state index contributed by atoms with van der Waals surface area (Å²) in [7, 11) is 0. The molecule has 0 aliphatic heterocycles. The minimum absolute atomic E-state index is 0.927. The first-order valence-electron chi connectivity index (χ1n) is 12.0. The average molecular weight is 447 g/mol. The molecule has 0 saturated heterocycles. The summed E-state index contributed by atoms with van der Waals surface area (Å²) in [6.45, 7) is 0. The monoisotopic (exact) mass is 446 g/mol. The Morgan fingerprint density at radius 3 is 2.34 bits per heavy atom. The fraction of sp³-hybridized carbons (Fsp3) is 0.0645. The van der Waals surface area contributed by atoms with Gasteiger partial charge in [0.2, 0.25) is 0 Å². The van der Waals surface area contributed by atoms with Crippen LogP contribution in [-0.4, -0.2) is 19.4 Å². The van der Waals surface area contributed by atoms with E-state index >= 15 is 0 Å². The Morgan fingerprint density at radius 2 is 1.40 bits per heavy atom. The van der Waals surface area contributed by atoms with Crippen LogP contribution in [0, 0.1) is 0 Å². The third-order valence-corrected chi connectivity index (χ3v) is 7.92. The minimum Gasteiger partial charge on any atom is -0.274 e. The van der Waals surface area contributed by atoms with E-state index < -0.39 is 0 Å². The Bertz CT molecular complexity index is 2070. The van der Waals surface area contributed by atoms with E-state index in [-0.39, 0.29) is 0 Å². The molecule has 0 fully saturated rings. The number of nitrogens with zero attached hydrogens (tertiary/aromatic N) is 4. The van der Waals surface area contributed by atoms with E-state index in [9.17, 15) is 0 Å². The smallest absolute Gasteiger partial charge is 0.147 e. The van der Waals surface area contributed by atoms with Gasteiger partial charge in [0, 0.05) is 23.2 Å². The van der Waals surface area contributed by atoms with Gasteiger partial charge in [0.05, 0.1) is 17.2 Å². The molecule has 35 heavy (non-hydrogen) atoms. The first-order valence-corrected chi connectivity index (χ1v) is 12.0. The summed E-state index contributed by atoms with van der Waals surface area (Å²) in [4.78, 5) is 14.2. The molecule has 0 N–H and O–H groups in total. The molecule has 162 valence electrons. The highest BCUT2D eigenvalue weighted by Gasteiger charge is 2.26. The number of benzene rings is 3. The lowest BCUT2D eigenvalue weighted by Crippen LogP contribution is -1.95. The van der Waals surface area contributed by atoms with Gasteiger partial charge in [-0.25, -0.2) is 9.97 Å². The van der Waals surface area contributed by atoms with E-state index in [2.05, 4.69) is 64.0 Å². The van der Waals surface area contributed by atoms with Crippen molar-refractivity contribution >= 4 is 38.5 Å². The van der Waals surface area contributed by atoms with Crippen LogP contribution in [-0.2, 0) is 12.8 Å². The molecule has 2 aliphatic rings. The highest BCUT2D eigenvalue weighted by molar-refractivity contribution is 6.14. The van der Waals surface area contributed by atoms with Gasteiger partial charge in [-0.3, -0.25) is 9.38 Å². The van der Waals surface area contributed by atoms with Crippen LogP contribution >= 0.6 is 0 Å². The Labute approximate surface area is 200 Å². The van der Waals surface area contributed by atoms with Gasteiger partial charge in [0.15, 0.2) is 0 Å². The van der Waals surface area contributed by atoms with Crippen molar-refractivity contribution in [2.75, 3.05) is 0 Å². The summed E-state index contributed by atoms with van der Waals surface area (Å²) >= 11 is 0. The van der Waals surface area contributed by atoms with Crippen LogP contribution in [0.25, 0.3) is 60.7 Å². The molecule has 4 nitrogen and oxygen atoms in total. The van der Waals surface area contributed by atoms with Gasteiger partial charge in [-0.1, -0.05) is 24.3 Å². The van der Waals surface area contributed by atoms with E-state index in [1.165, 1.54) is 49.9 Å². The Morgan fingerprint density at radius 1 is 0.600 bits per heavy atom. The van der Waals surface area contributed by atoms with Crippen molar-refractivity contribution in [2.24, 2.45) is 0 Å². The zero-order chi connectivity index (χ0) is 22.7. The molecule has 0 radical (unpaired) electrons. The summed E-state index contributed by atoms with van der Waals surface area (Å²) < 4.78 is 2.17. The molecule has 0 bridgehead atoms. The third-order valence-electron chi connectivity index (χ3n) is 7.92. The van der Waals surface area contributed by atoms with Crippen LogP contribution in [0.1, 0.15) is 22.3 Å². The summed E-state index contributed by atoms with van der Waals surface area (Å²) in [5, 5.41) is 3.53. The number of rotatable bonds is 0. The van der Waals surface area contributed by atoms with Crippen LogP contribution < -0.4 is 0 Å². The second kappa shape index (κ2) is 6.10. The second-order valence-electron chi connectivity index (χ2n) is 9.74. The molecule has 4 aromatic heterocycles. The van der Waals surface area contributed by atoms with Crippen molar-refractivity contribution in [3.8, 4) is 22.3 Å².